The maximum Gasteiger partial charge on any atom is 0.243 e. The van der Waals surface area contributed by atoms with Crippen LogP contribution >= 0.6 is 11.8 Å². The SMILES string of the molecule is Cc1ccc(S(=O)(=O)N2C[C@@]3(CCCN(CC(=O)N4CCSc5ccccc54)C3)OC[C@@H]2CC(C)C)cc1. The molecule has 0 N–H and O–H groups in total. The van der Waals surface area contributed by atoms with Crippen LogP contribution in [0.3, 0.4) is 0 Å². The number of amides is 1. The Morgan fingerprint density at radius 2 is 1.87 bits per heavy atom. The van der Waals surface area contributed by atoms with Gasteiger partial charge in [0.25, 0.3) is 0 Å². The number of hydrogen-bond acceptors (Lipinski definition) is 6. The summed E-state index contributed by atoms with van der Waals surface area (Å²) >= 11 is 1.79. The number of hydrogen-bond donors (Lipinski definition) is 0. The van der Waals surface area contributed by atoms with Crippen LogP contribution in [0, 0.1) is 12.8 Å². The number of ether oxygens (including phenoxy) is 1. The summed E-state index contributed by atoms with van der Waals surface area (Å²) in [6.07, 6.45) is 2.40. The molecule has 2 saturated heterocycles. The molecule has 2 aromatic carbocycles. The van der Waals surface area contributed by atoms with Crippen molar-refractivity contribution in [1.82, 2.24) is 9.21 Å². The number of thioether (sulfide) groups is 1. The van der Waals surface area contributed by atoms with Crippen molar-refractivity contribution in [2.45, 2.75) is 61.5 Å². The minimum absolute atomic E-state index is 0.0902. The first-order valence-corrected chi connectivity index (χ1v) is 16.1. The first-order chi connectivity index (χ1) is 18.2. The molecule has 2 fully saturated rings. The van der Waals surface area contributed by atoms with Crippen molar-refractivity contribution in [3.8, 4) is 0 Å². The molecule has 3 heterocycles. The molecule has 1 spiro atoms. The van der Waals surface area contributed by atoms with Crippen molar-refractivity contribution >= 4 is 33.4 Å². The summed E-state index contributed by atoms with van der Waals surface area (Å²) in [5, 5.41) is 0. The number of morpholine rings is 1. The van der Waals surface area contributed by atoms with E-state index in [2.05, 4.69) is 24.8 Å². The number of carbonyl (C=O) groups is 1. The molecule has 2 atom stereocenters. The number of benzene rings is 2. The molecule has 2 aromatic rings. The number of rotatable bonds is 6. The van der Waals surface area contributed by atoms with E-state index in [9.17, 15) is 13.2 Å². The van der Waals surface area contributed by atoms with Gasteiger partial charge in [-0.05, 0) is 62.9 Å². The topological polar surface area (TPSA) is 70.2 Å². The smallest absolute Gasteiger partial charge is 0.243 e. The van der Waals surface area contributed by atoms with Crippen LogP contribution < -0.4 is 4.90 Å². The molecular formula is C29H39N3O4S2. The van der Waals surface area contributed by atoms with Crippen LogP contribution in [0.5, 0.6) is 0 Å². The van der Waals surface area contributed by atoms with Gasteiger partial charge in [0.15, 0.2) is 0 Å². The van der Waals surface area contributed by atoms with Crippen molar-refractivity contribution in [3.63, 3.8) is 0 Å². The van der Waals surface area contributed by atoms with Crippen LogP contribution in [0.1, 0.15) is 38.7 Å². The minimum atomic E-state index is -3.68. The average Bonchev–Trinajstić information content (AvgIpc) is 2.89. The quantitative estimate of drug-likeness (QED) is 0.524. The van der Waals surface area contributed by atoms with Crippen molar-refractivity contribution in [3.05, 3.63) is 54.1 Å². The standard InChI is InChI=1S/C29H39N3O4S2/c1-22(2)17-24-19-36-29(21-32(24)38(34,35)25-11-9-23(3)10-12-25)13-6-14-30(20-29)18-28(33)31-15-16-37-27-8-5-4-7-26(27)31/h4-5,7-12,22,24H,6,13-21H2,1-3H3/t24-,29-/m0/s1. The number of para-hydroxylation sites is 1. The fourth-order valence-corrected chi connectivity index (χ4v) is 8.64. The Morgan fingerprint density at radius 1 is 1.11 bits per heavy atom. The number of carbonyl (C=O) groups excluding carboxylic acids is 1. The Labute approximate surface area is 231 Å². The highest BCUT2D eigenvalue weighted by atomic mass is 32.2. The van der Waals surface area contributed by atoms with Gasteiger partial charge in [-0.1, -0.05) is 43.7 Å². The number of anilines is 1. The summed E-state index contributed by atoms with van der Waals surface area (Å²) in [6, 6.07) is 15.0. The van der Waals surface area contributed by atoms with Crippen molar-refractivity contribution in [2.24, 2.45) is 5.92 Å². The third kappa shape index (κ3) is 5.82. The fraction of sp³-hybridized carbons (Fsp3) is 0.552. The fourth-order valence-electron chi connectivity index (χ4n) is 5.95. The van der Waals surface area contributed by atoms with E-state index in [4.69, 9.17) is 4.74 Å². The Morgan fingerprint density at radius 3 is 2.63 bits per heavy atom. The zero-order valence-electron chi connectivity index (χ0n) is 22.6. The van der Waals surface area contributed by atoms with E-state index in [1.165, 1.54) is 0 Å². The van der Waals surface area contributed by atoms with Gasteiger partial charge in [0.2, 0.25) is 15.9 Å². The van der Waals surface area contributed by atoms with E-state index in [-0.39, 0.29) is 11.9 Å². The summed E-state index contributed by atoms with van der Waals surface area (Å²) in [5.41, 5.74) is 1.41. The molecule has 206 valence electrons. The van der Waals surface area contributed by atoms with Crippen LogP contribution in [0.2, 0.25) is 0 Å². The second-order valence-corrected chi connectivity index (χ2v) is 14.3. The van der Waals surface area contributed by atoms with Gasteiger partial charge in [0, 0.05) is 36.3 Å². The molecule has 0 aromatic heterocycles. The zero-order valence-corrected chi connectivity index (χ0v) is 24.3. The summed E-state index contributed by atoms with van der Waals surface area (Å²) in [7, 11) is -3.68. The van der Waals surface area contributed by atoms with E-state index >= 15 is 0 Å². The molecule has 38 heavy (non-hydrogen) atoms. The first-order valence-electron chi connectivity index (χ1n) is 13.6. The maximum absolute atomic E-state index is 13.9. The third-order valence-electron chi connectivity index (χ3n) is 7.81. The average molecular weight is 558 g/mol. The lowest BCUT2D eigenvalue weighted by atomic mass is 9.89. The van der Waals surface area contributed by atoms with Crippen LogP contribution in [-0.2, 0) is 19.6 Å². The number of likely N-dealkylation sites (tertiary alicyclic amines) is 1. The number of aryl methyl sites for hydroxylation is 1. The molecule has 3 aliphatic heterocycles. The van der Waals surface area contributed by atoms with Gasteiger partial charge in [0.1, 0.15) is 0 Å². The Hall–Kier alpha value is -1.91. The molecule has 0 unspecified atom stereocenters. The molecular weight excluding hydrogens is 518 g/mol. The number of piperidine rings is 1. The second-order valence-electron chi connectivity index (χ2n) is 11.3. The van der Waals surface area contributed by atoms with E-state index in [1.54, 1.807) is 28.2 Å². The summed E-state index contributed by atoms with van der Waals surface area (Å²) < 4.78 is 36.0. The maximum atomic E-state index is 13.9. The zero-order chi connectivity index (χ0) is 26.9. The first kappa shape index (κ1) is 27.6. The largest absolute Gasteiger partial charge is 0.371 e. The lowest BCUT2D eigenvalue weighted by Crippen LogP contribution is -2.64. The summed E-state index contributed by atoms with van der Waals surface area (Å²) in [6.45, 7) is 9.26. The molecule has 9 heteroatoms. The second kappa shape index (κ2) is 11.3. The molecule has 0 radical (unpaired) electrons. The van der Waals surface area contributed by atoms with Gasteiger partial charge in [-0.15, -0.1) is 11.8 Å². The van der Waals surface area contributed by atoms with Crippen LogP contribution in [-0.4, -0.2) is 80.3 Å². The van der Waals surface area contributed by atoms with Gasteiger partial charge in [-0.3, -0.25) is 9.69 Å². The Kier molecular flexibility index (Phi) is 8.22. The summed E-state index contributed by atoms with van der Waals surface area (Å²) in [5.74, 6) is 1.32. The highest BCUT2D eigenvalue weighted by Crippen LogP contribution is 2.37. The predicted octanol–water partition coefficient (Wildman–Crippen LogP) is 4.40. The normalized spacial score (nSPS) is 25.1. The van der Waals surface area contributed by atoms with Crippen LogP contribution in [0.15, 0.2) is 58.3 Å². The van der Waals surface area contributed by atoms with Gasteiger partial charge in [0.05, 0.1) is 29.3 Å². The van der Waals surface area contributed by atoms with E-state index < -0.39 is 15.6 Å². The van der Waals surface area contributed by atoms with Crippen LogP contribution in [0.4, 0.5) is 5.69 Å². The summed E-state index contributed by atoms with van der Waals surface area (Å²) in [4.78, 5) is 19.0. The number of sulfonamides is 1. The highest BCUT2D eigenvalue weighted by Gasteiger charge is 2.48. The number of nitrogens with zero attached hydrogens (tertiary/aromatic N) is 3. The third-order valence-corrected chi connectivity index (χ3v) is 10.8. The van der Waals surface area contributed by atoms with Gasteiger partial charge < -0.3 is 9.64 Å². The van der Waals surface area contributed by atoms with E-state index in [0.29, 0.717) is 43.6 Å². The van der Waals surface area contributed by atoms with Gasteiger partial charge in [-0.2, -0.15) is 4.31 Å². The van der Waals surface area contributed by atoms with E-state index in [1.807, 2.05) is 42.2 Å². The number of fused-ring (bicyclic) bond motifs is 1. The Bertz CT molecular complexity index is 1250. The molecule has 3 aliphatic rings. The Balaban J connectivity index is 1.34. The predicted molar refractivity (Wildman–Crippen MR) is 152 cm³/mol. The van der Waals surface area contributed by atoms with Crippen molar-refractivity contribution in [1.29, 1.82) is 0 Å². The lowest BCUT2D eigenvalue weighted by Gasteiger charge is -2.50. The van der Waals surface area contributed by atoms with Crippen molar-refractivity contribution in [2.75, 3.05) is 50.0 Å². The molecule has 1 amide bonds. The van der Waals surface area contributed by atoms with E-state index in [0.717, 1.165) is 47.7 Å². The molecule has 7 nitrogen and oxygen atoms in total. The minimum Gasteiger partial charge on any atom is -0.371 e. The molecule has 0 saturated carbocycles. The highest BCUT2D eigenvalue weighted by molar-refractivity contribution is 7.99. The van der Waals surface area contributed by atoms with Crippen molar-refractivity contribution < 1.29 is 17.9 Å². The van der Waals surface area contributed by atoms with Gasteiger partial charge in [-0.25, -0.2) is 8.42 Å². The molecule has 0 bridgehead atoms. The van der Waals surface area contributed by atoms with Gasteiger partial charge >= 0.3 is 0 Å². The molecule has 5 rings (SSSR count). The lowest BCUT2D eigenvalue weighted by molar-refractivity contribution is -0.146. The molecule has 0 aliphatic carbocycles. The monoisotopic (exact) mass is 557 g/mol. The van der Waals surface area contributed by atoms with Crippen LogP contribution in [0.25, 0.3) is 0 Å².